The summed E-state index contributed by atoms with van der Waals surface area (Å²) >= 11 is 1.48. The zero-order valence-electron chi connectivity index (χ0n) is 21.6. The minimum Gasteiger partial charge on any atom is -0.480 e. The number of hydrogen-bond donors (Lipinski definition) is 1. The first-order valence-corrected chi connectivity index (χ1v) is 12.8. The largest absolute Gasteiger partial charge is 0.480 e. The van der Waals surface area contributed by atoms with E-state index in [1.807, 2.05) is 32.0 Å². The lowest BCUT2D eigenvalue weighted by Gasteiger charge is -2.28. The van der Waals surface area contributed by atoms with Gasteiger partial charge in [-0.05, 0) is 55.3 Å². The fourth-order valence-corrected chi connectivity index (χ4v) is 5.46. The number of benzene rings is 2. The van der Waals surface area contributed by atoms with E-state index in [1.165, 1.54) is 22.4 Å². The second-order valence-electron chi connectivity index (χ2n) is 9.05. The smallest absolute Gasteiger partial charge is 0.417 e. The average molecular weight is 545 g/mol. The van der Waals surface area contributed by atoms with Crippen LogP contribution in [-0.2, 0) is 4.74 Å². The van der Waals surface area contributed by atoms with Gasteiger partial charge in [-0.25, -0.2) is 24.7 Å². The summed E-state index contributed by atoms with van der Waals surface area (Å²) in [6.45, 7) is 3.98. The van der Waals surface area contributed by atoms with Crippen molar-refractivity contribution >= 4 is 50.2 Å². The van der Waals surface area contributed by atoms with E-state index in [4.69, 9.17) is 29.7 Å². The molecule has 4 heterocycles. The topological polar surface area (TPSA) is 135 Å². The van der Waals surface area contributed by atoms with Crippen molar-refractivity contribution in [2.75, 3.05) is 31.4 Å². The van der Waals surface area contributed by atoms with Crippen molar-refractivity contribution in [3.05, 3.63) is 53.9 Å². The van der Waals surface area contributed by atoms with Crippen molar-refractivity contribution in [3.63, 3.8) is 0 Å². The highest BCUT2D eigenvalue weighted by molar-refractivity contribution is 7.22. The van der Waals surface area contributed by atoms with E-state index < -0.39 is 12.4 Å². The Kier molecular flexibility index (Phi) is 6.03. The monoisotopic (exact) mass is 544 g/mol. The van der Waals surface area contributed by atoms with Crippen LogP contribution in [0.25, 0.3) is 31.8 Å². The molecule has 1 atom stereocenters. The number of fused-ring (bicyclic) bond motifs is 4. The SMILES string of the molecule is COc1cnc2c(-c3nc4c(C)cc5c(c4s3)OCC(OC(=O)N(C)c3ccc(N)nc3)O5)cc(C)cc2n1. The van der Waals surface area contributed by atoms with Gasteiger partial charge in [-0.2, -0.15) is 0 Å². The van der Waals surface area contributed by atoms with E-state index in [0.29, 0.717) is 28.9 Å². The van der Waals surface area contributed by atoms with E-state index in [2.05, 4.69) is 15.0 Å². The van der Waals surface area contributed by atoms with Crippen molar-refractivity contribution in [1.82, 2.24) is 19.9 Å². The summed E-state index contributed by atoms with van der Waals surface area (Å²) in [6.07, 6.45) is 1.55. The standard InChI is InChI=1S/C27H24N6O5S/c1-13-7-16(23-17(8-13)31-20(35-4)11-30-23)26-32-22-14(2)9-18-24(25(22)39-26)36-12-21(37-18)38-27(34)33(3)15-5-6-19(28)29-10-15/h5-11,21H,12H2,1-4H3,(H2,28,29). The van der Waals surface area contributed by atoms with Crippen molar-refractivity contribution < 1.29 is 23.7 Å². The van der Waals surface area contributed by atoms with Gasteiger partial charge in [0.25, 0.3) is 6.29 Å². The molecular weight excluding hydrogens is 520 g/mol. The van der Waals surface area contributed by atoms with E-state index >= 15 is 0 Å². The summed E-state index contributed by atoms with van der Waals surface area (Å²) in [6, 6.07) is 9.14. The molecule has 0 fully saturated rings. The summed E-state index contributed by atoms with van der Waals surface area (Å²) < 4.78 is 23.7. The van der Waals surface area contributed by atoms with E-state index in [9.17, 15) is 4.79 Å². The van der Waals surface area contributed by atoms with Gasteiger partial charge >= 0.3 is 6.09 Å². The number of aryl methyl sites for hydroxylation is 2. The summed E-state index contributed by atoms with van der Waals surface area (Å²) in [4.78, 5) is 32.1. The third-order valence-corrected chi connectivity index (χ3v) is 7.36. The number of amides is 1. The molecule has 1 aliphatic heterocycles. The molecule has 1 amide bonds. The zero-order valence-corrected chi connectivity index (χ0v) is 22.4. The summed E-state index contributed by atoms with van der Waals surface area (Å²) in [5.74, 6) is 1.85. The molecule has 5 aromatic rings. The van der Waals surface area contributed by atoms with Gasteiger partial charge in [-0.15, -0.1) is 11.3 Å². The number of rotatable bonds is 4. The van der Waals surface area contributed by atoms with Crippen molar-refractivity contribution in [2.24, 2.45) is 0 Å². The lowest BCUT2D eigenvalue weighted by atomic mass is 10.1. The van der Waals surface area contributed by atoms with Gasteiger partial charge in [0.2, 0.25) is 5.88 Å². The third kappa shape index (κ3) is 4.48. The molecule has 3 aromatic heterocycles. The maximum absolute atomic E-state index is 12.7. The van der Waals surface area contributed by atoms with Gasteiger partial charge < -0.3 is 24.7 Å². The Bertz CT molecular complexity index is 1740. The molecule has 0 saturated heterocycles. The molecule has 2 N–H and O–H groups in total. The highest BCUT2D eigenvalue weighted by Crippen LogP contribution is 2.46. The number of hydrogen-bond acceptors (Lipinski definition) is 11. The minimum absolute atomic E-state index is 0.0244. The number of ether oxygens (including phenoxy) is 4. The predicted molar refractivity (Wildman–Crippen MR) is 148 cm³/mol. The molecule has 12 heteroatoms. The van der Waals surface area contributed by atoms with Crippen LogP contribution in [0.5, 0.6) is 17.4 Å². The van der Waals surface area contributed by atoms with Crippen LogP contribution in [0.1, 0.15) is 11.1 Å². The first-order valence-electron chi connectivity index (χ1n) is 12.0. The predicted octanol–water partition coefficient (Wildman–Crippen LogP) is 4.88. The van der Waals surface area contributed by atoms with Crippen molar-refractivity contribution in [3.8, 4) is 28.0 Å². The van der Waals surface area contributed by atoms with E-state index in [0.717, 1.165) is 42.9 Å². The molecule has 39 heavy (non-hydrogen) atoms. The molecule has 6 rings (SSSR count). The maximum Gasteiger partial charge on any atom is 0.417 e. The first-order chi connectivity index (χ1) is 18.8. The van der Waals surface area contributed by atoms with Gasteiger partial charge in [0.05, 0.1) is 41.7 Å². The molecule has 2 aromatic carbocycles. The van der Waals surface area contributed by atoms with Crippen LogP contribution in [-0.4, -0.2) is 53.1 Å². The molecule has 198 valence electrons. The Hall–Kier alpha value is -4.71. The Morgan fingerprint density at radius 3 is 2.74 bits per heavy atom. The molecule has 1 aliphatic rings. The van der Waals surface area contributed by atoms with Crippen LogP contribution in [0.15, 0.2) is 42.7 Å². The maximum atomic E-state index is 12.7. The molecule has 0 radical (unpaired) electrons. The Labute approximate surface area is 227 Å². The molecule has 1 unspecified atom stereocenters. The number of nitrogens with zero attached hydrogens (tertiary/aromatic N) is 5. The fraction of sp³-hybridized carbons (Fsp3) is 0.222. The van der Waals surface area contributed by atoms with Gasteiger partial charge in [-0.1, -0.05) is 0 Å². The number of pyridine rings is 1. The van der Waals surface area contributed by atoms with Gasteiger partial charge in [0, 0.05) is 12.6 Å². The Morgan fingerprint density at radius 2 is 1.97 bits per heavy atom. The van der Waals surface area contributed by atoms with E-state index in [1.54, 1.807) is 32.5 Å². The van der Waals surface area contributed by atoms with Gasteiger partial charge in [0.1, 0.15) is 15.5 Å². The lowest BCUT2D eigenvalue weighted by molar-refractivity contribution is -0.0718. The summed E-state index contributed by atoms with van der Waals surface area (Å²) in [5.41, 5.74) is 11.2. The Morgan fingerprint density at radius 1 is 1.13 bits per heavy atom. The normalized spacial score (nSPS) is 14.4. The molecule has 0 bridgehead atoms. The summed E-state index contributed by atoms with van der Waals surface area (Å²) in [7, 11) is 3.14. The first kappa shape index (κ1) is 24.6. The second kappa shape index (κ2) is 9.55. The Balaban J connectivity index is 1.30. The quantitative estimate of drug-likeness (QED) is 0.333. The number of nitrogen functional groups attached to an aromatic ring is 1. The lowest BCUT2D eigenvalue weighted by Crippen LogP contribution is -2.38. The van der Waals surface area contributed by atoms with Crippen LogP contribution in [0.2, 0.25) is 0 Å². The summed E-state index contributed by atoms with van der Waals surface area (Å²) in [5, 5.41) is 0.783. The van der Waals surface area contributed by atoms with Crippen LogP contribution < -0.4 is 24.8 Å². The number of carbonyl (C=O) groups excluding carboxylic acids is 1. The number of carbonyl (C=O) groups is 1. The number of anilines is 2. The van der Waals surface area contributed by atoms with Crippen LogP contribution in [0.3, 0.4) is 0 Å². The van der Waals surface area contributed by atoms with Gasteiger partial charge in [-0.3, -0.25) is 4.90 Å². The molecule has 0 saturated carbocycles. The van der Waals surface area contributed by atoms with Gasteiger partial charge in [0.15, 0.2) is 18.1 Å². The third-order valence-electron chi connectivity index (χ3n) is 6.27. The van der Waals surface area contributed by atoms with Crippen LogP contribution >= 0.6 is 11.3 Å². The highest BCUT2D eigenvalue weighted by atomic mass is 32.1. The minimum atomic E-state index is -0.926. The van der Waals surface area contributed by atoms with Crippen molar-refractivity contribution in [1.29, 1.82) is 0 Å². The molecule has 11 nitrogen and oxygen atoms in total. The zero-order chi connectivity index (χ0) is 27.3. The second-order valence-corrected chi connectivity index (χ2v) is 10.1. The van der Waals surface area contributed by atoms with Crippen molar-refractivity contribution in [2.45, 2.75) is 20.1 Å². The number of aromatic nitrogens is 4. The highest BCUT2D eigenvalue weighted by Gasteiger charge is 2.30. The molecular formula is C27H24N6O5S. The average Bonchev–Trinajstić information content (AvgIpc) is 3.38. The van der Waals surface area contributed by atoms with Crippen LogP contribution in [0, 0.1) is 13.8 Å². The number of nitrogens with two attached hydrogens (primary N) is 1. The van der Waals surface area contributed by atoms with Crippen LogP contribution in [0.4, 0.5) is 16.3 Å². The molecule has 0 aliphatic carbocycles. The number of thiazole rings is 1. The van der Waals surface area contributed by atoms with E-state index in [-0.39, 0.29) is 6.61 Å². The fourth-order valence-electron chi connectivity index (χ4n) is 4.31. The number of methoxy groups -OCH3 is 1. The molecule has 0 spiro atoms.